The minimum atomic E-state index is -0.194. The molecule has 0 spiro atoms. The van der Waals surface area contributed by atoms with Crippen molar-refractivity contribution < 1.29 is 4.39 Å². The summed E-state index contributed by atoms with van der Waals surface area (Å²) in [6, 6.07) is 5.05. The van der Waals surface area contributed by atoms with Crippen LogP contribution >= 0.6 is 0 Å². The smallest absolute Gasteiger partial charge is 0.125 e. The van der Waals surface area contributed by atoms with E-state index >= 15 is 0 Å². The zero-order chi connectivity index (χ0) is 11.9. The minimum Gasteiger partial charge on any atom is -0.348 e. The molecule has 0 amide bonds. The van der Waals surface area contributed by atoms with E-state index in [1.54, 1.807) is 6.07 Å². The molecule has 0 saturated heterocycles. The second-order valence-corrected chi connectivity index (χ2v) is 4.47. The number of rotatable bonds is 2. The standard InChI is InChI=1S/C13H17FN2/c1-8(15)6-12-9(2)16(3)13-7-10(14)4-5-11(12)13/h4-5,7-8H,6,15H2,1-3H3. The summed E-state index contributed by atoms with van der Waals surface area (Å²) in [7, 11) is 1.96. The van der Waals surface area contributed by atoms with Crippen LogP contribution in [0.15, 0.2) is 18.2 Å². The summed E-state index contributed by atoms with van der Waals surface area (Å²) in [6.45, 7) is 4.04. The van der Waals surface area contributed by atoms with Gasteiger partial charge >= 0.3 is 0 Å². The van der Waals surface area contributed by atoms with E-state index in [-0.39, 0.29) is 11.9 Å². The molecule has 1 aromatic heterocycles. The average Bonchev–Trinajstić information content (AvgIpc) is 2.43. The first-order valence-corrected chi connectivity index (χ1v) is 5.49. The molecule has 2 nitrogen and oxygen atoms in total. The molecule has 3 heteroatoms. The van der Waals surface area contributed by atoms with E-state index in [2.05, 4.69) is 6.92 Å². The van der Waals surface area contributed by atoms with E-state index in [9.17, 15) is 4.39 Å². The van der Waals surface area contributed by atoms with E-state index in [1.165, 1.54) is 11.6 Å². The van der Waals surface area contributed by atoms with Gasteiger partial charge in [-0.1, -0.05) is 0 Å². The van der Waals surface area contributed by atoms with E-state index in [1.807, 2.05) is 24.6 Å². The van der Waals surface area contributed by atoms with Crippen molar-refractivity contribution in [1.29, 1.82) is 0 Å². The maximum Gasteiger partial charge on any atom is 0.125 e. The maximum absolute atomic E-state index is 13.2. The van der Waals surface area contributed by atoms with Crippen molar-refractivity contribution in [3.8, 4) is 0 Å². The van der Waals surface area contributed by atoms with Gasteiger partial charge in [-0.2, -0.15) is 0 Å². The lowest BCUT2D eigenvalue weighted by atomic mass is 10.0. The second-order valence-electron chi connectivity index (χ2n) is 4.47. The van der Waals surface area contributed by atoms with Crippen LogP contribution in [-0.4, -0.2) is 10.6 Å². The molecule has 0 bridgehead atoms. The topological polar surface area (TPSA) is 30.9 Å². The van der Waals surface area contributed by atoms with E-state index < -0.39 is 0 Å². The molecule has 0 aliphatic carbocycles. The van der Waals surface area contributed by atoms with E-state index in [0.717, 1.165) is 23.0 Å². The Hall–Kier alpha value is -1.35. The lowest BCUT2D eigenvalue weighted by molar-refractivity contribution is 0.629. The van der Waals surface area contributed by atoms with Crippen LogP contribution in [-0.2, 0) is 13.5 Å². The third kappa shape index (κ3) is 1.71. The van der Waals surface area contributed by atoms with Crippen LogP contribution in [0, 0.1) is 12.7 Å². The van der Waals surface area contributed by atoms with Gasteiger partial charge in [-0.15, -0.1) is 0 Å². The number of nitrogens with two attached hydrogens (primary N) is 1. The first-order chi connectivity index (χ1) is 7.50. The number of nitrogens with zero attached hydrogens (tertiary/aromatic N) is 1. The van der Waals surface area contributed by atoms with Crippen molar-refractivity contribution in [3.05, 3.63) is 35.3 Å². The fraction of sp³-hybridized carbons (Fsp3) is 0.385. The predicted octanol–water partition coefficient (Wildman–Crippen LogP) is 2.52. The lowest BCUT2D eigenvalue weighted by Crippen LogP contribution is -2.18. The number of hydrogen-bond acceptors (Lipinski definition) is 1. The van der Waals surface area contributed by atoms with Gasteiger partial charge < -0.3 is 10.3 Å². The van der Waals surface area contributed by atoms with Crippen molar-refractivity contribution in [3.63, 3.8) is 0 Å². The van der Waals surface area contributed by atoms with Gasteiger partial charge in [0.15, 0.2) is 0 Å². The number of halogens is 1. The van der Waals surface area contributed by atoms with Crippen LogP contribution in [0.1, 0.15) is 18.2 Å². The number of fused-ring (bicyclic) bond motifs is 1. The van der Waals surface area contributed by atoms with Gasteiger partial charge in [0.05, 0.1) is 5.52 Å². The molecule has 1 heterocycles. The predicted molar refractivity (Wildman–Crippen MR) is 65.0 cm³/mol. The summed E-state index contributed by atoms with van der Waals surface area (Å²) in [4.78, 5) is 0. The Morgan fingerprint density at radius 1 is 1.44 bits per heavy atom. The van der Waals surface area contributed by atoms with Gasteiger partial charge in [0, 0.05) is 24.2 Å². The maximum atomic E-state index is 13.2. The molecule has 16 heavy (non-hydrogen) atoms. The Balaban J connectivity index is 2.69. The van der Waals surface area contributed by atoms with Crippen LogP contribution in [0.3, 0.4) is 0 Å². The van der Waals surface area contributed by atoms with Gasteiger partial charge in [-0.25, -0.2) is 4.39 Å². The quantitative estimate of drug-likeness (QED) is 0.828. The van der Waals surface area contributed by atoms with Gasteiger partial charge in [-0.3, -0.25) is 0 Å². The minimum absolute atomic E-state index is 0.120. The van der Waals surface area contributed by atoms with Crippen LogP contribution < -0.4 is 5.73 Å². The van der Waals surface area contributed by atoms with E-state index in [4.69, 9.17) is 5.73 Å². The van der Waals surface area contributed by atoms with Gasteiger partial charge in [-0.05, 0) is 44.0 Å². The number of hydrogen-bond donors (Lipinski definition) is 1. The van der Waals surface area contributed by atoms with Crippen LogP contribution in [0.4, 0.5) is 4.39 Å². The van der Waals surface area contributed by atoms with Gasteiger partial charge in [0.1, 0.15) is 5.82 Å². The van der Waals surface area contributed by atoms with Crippen LogP contribution in [0.2, 0.25) is 0 Å². The molecule has 0 radical (unpaired) electrons. The molecule has 0 aliphatic heterocycles. The Morgan fingerprint density at radius 2 is 2.12 bits per heavy atom. The van der Waals surface area contributed by atoms with Crippen molar-refractivity contribution in [2.24, 2.45) is 12.8 Å². The SMILES string of the molecule is Cc1c(CC(C)N)c2ccc(F)cc2n1C. The molecule has 0 saturated carbocycles. The summed E-state index contributed by atoms with van der Waals surface area (Å²) >= 11 is 0. The fourth-order valence-corrected chi connectivity index (χ4v) is 2.20. The number of aryl methyl sites for hydroxylation is 1. The van der Waals surface area contributed by atoms with Crippen molar-refractivity contribution >= 4 is 10.9 Å². The fourth-order valence-electron chi connectivity index (χ4n) is 2.20. The number of benzene rings is 1. The monoisotopic (exact) mass is 220 g/mol. The Labute approximate surface area is 94.9 Å². The summed E-state index contributed by atoms with van der Waals surface area (Å²) < 4.78 is 15.2. The molecular weight excluding hydrogens is 203 g/mol. The zero-order valence-electron chi connectivity index (χ0n) is 9.92. The summed E-state index contributed by atoms with van der Waals surface area (Å²) in [5.74, 6) is -0.194. The zero-order valence-corrected chi connectivity index (χ0v) is 9.92. The van der Waals surface area contributed by atoms with Crippen molar-refractivity contribution in [2.75, 3.05) is 0 Å². The molecule has 1 unspecified atom stereocenters. The van der Waals surface area contributed by atoms with Crippen LogP contribution in [0.25, 0.3) is 10.9 Å². The van der Waals surface area contributed by atoms with Crippen LogP contribution in [0.5, 0.6) is 0 Å². The molecule has 86 valence electrons. The van der Waals surface area contributed by atoms with E-state index in [0.29, 0.717) is 0 Å². The molecule has 2 aromatic rings. The largest absolute Gasteiger partial charge is 0.348 e. The first-order valence-electron chi connectivity index (χ1n) is 5.49. The highest BCUT2D eigenvalue weighted by atomic mass is 19.1. The van der Waals surface area contributed by atoms with Crippen molar-refractivity contribution in [1.82, 2.24) is 4.57 Å². The second kappa shape index (κ2) is 3.91. The molecule has 0 fully saturated rings. The Bertz CT molecular complexity index is 526. The molecule has 1 atom stereocenters. The third-order valence-corrected chi connectivity index (χ3v) is 3.11. The summed E-state index contributed by atoms with van der Waals surface area (Å²) in [5.41, 5.74) is 9.17. The third-order valence-electron chi connectivity index (χ3n) is 3.11. The molecule has 2 rings (SSSR count). The molecular formula is C13H17FN2. The summed E-state index contributed by atoms with van der Waals surface area (Å²) in [6.07, 6.45) is 0.828. The highest BCUT2D eigenvalue weighted by Crippen LogP contribution is 2.26. The van der Waals surface area contributed by atoms with Crippen molar-refractivity contribution in [2.45, 2.75) is 26.3 Å². The Kier molecular flexibility index (Phi) is 2.72. The highest BCUT2D eigenvalue weighted by Gasteiger charge is 2.13. The highest BCUT2D eigenvalue weighted by molar-refractivity contribution is 5.85. The molecule has 1 aromatic carbocycles. The van der Waals surface area contributed by atoms with Gasteiger partial charge in [0.2, 0.25) is 0 Å². The summed E-state index contributed by atoms with van der Waals surface area (Å²) in [5, 5.41) is 1.11. The lowest BCUT2D eigenvalue weighted by Gasteiger charge is -2.05. The number of aromatic nitrogens is 1. The van der Waals surface area contributed by atoms with Gasteiger partial charge in [0.25, 0.3) is 0 Å². The average molecular weight is 220 g/mol. The first kappa shape index (κ1) is 11.1. The molecule has 2 N–H and O–H groups in total. The Morgan fingerprint density at radius 3 is 2.75 bits per heavy atom. The normalized spacial score (nSPS) is 13.3. The molecule has 0 aliphatic rings.